The molecule has 2 rings (SSSR count). The summed E-state index contributed by atoms with van der Waals surface area (Å²) in [5.74, 6) is -0.957. The molecule has 31 heavy (non-hydrogen) atoms. The van der Waals surface area contributed by atoms with Crippen molar-refractivity contribution in [3.05, 3.63) is 35.9 Å². The summed E-state index contributed by atoms with van der Waals surface area (Å²) in [6, 6.07) is 8.24. The molecule has 7 nitrogen and oxygen atoms in total. The van der Waals surface area contributed by atoms with Crippen molar-refractivity contribution in [1.29, 1.82) is 0 Å². The van der Waals surface area contributed by atoms with E-state index in [2.05, 4.69) is 16.0 Å². The summed E-state index contributed by atoms with van der Waals surface area (Å²) >= 11 is 0. The summed E-state index contributed by atoms with van der Waals surface area (Å²) in [7, 11) is 0. The van der Waals surface area contributed by atoms with Crippen LogP contribution in [0.15, 0.2) is 30.3 Å². The SMILES string of the molecule is C[C@H](CC(=O)N[C@@H](CC(C)(C)C)C(=O)NC(C=O)C[C@@H]1CCNC1=O)c1ccccc1. The van der Waals surface area contributed by atoms with Crippen LogP contribution in [0.1, 0.15) is 64.9 Å². The molecule has 170 valence electrons. The van der Waals surface area contributed by atoms with Crippen LogP contribution in [0.3, 0.4) is 0 Å². The second-order valence-corrected chi connectivity index (χ2v) is 9.66. The highest BCUT2D eigenvalue weighted by atomic mass is 16.2. The Hall–Kier alpha value is -2.70. The molecule has 3 amide bonds. The van der Waals surface area contributed by atoms with E-state index in [9.17, 15) is 19.2 Å². The molecule has 1 aromatic rings. The van der Waals surface area contributed by atoms with Gasteiger partial charge in [-0.25, -0.2) is 0 Å². The summed E-state index contributed by atoms with van der Waals surface area (Å²) in [5, 5.41) is 8.32. The van der Waals surface area contributed by atoms with E-state index in [-0.39, 0.29) is 41.9 Å². The number of hydrogen-bond donors (Lipinski definition) is 3. The molecule has 1 aromatic carbocycles. The minimum Gasteiger partial charge on any atom is -0.356 e. The van der Waals surface area contributed by atoms with Crippen LogP contribution in [0.5, 0.6) is 0 Å². The van der Waals surface area contributed by atoms with Gasteiger partial charge in [0, 0.05) is 18.9 Å². The zero-order valence-electron chi connectivity index (χ0n) is 18.9. The number of benzene rings is 1. The summed E-state index contributed by atoms with van der Waals surface area (Å²) < 4.78 is 0. The maximum Gasteiger partial charge on any atom is 0.243 e. The van der Waals surface area contributed by atoms with Gasteiger partial charge in [0.05, 0.1) is 6.04 Å². The van der Waals surface area contributed by atoms with Gasteiger partial charge in [0.15, 0.2) is 0 Å². The van der Waals surface area contributed by atoms with Gasteiger partial charge in [-0.05, 0) is 36.2 Å². The van der Waals surface area contributed by atoms with Gasteiger partial charge in [0.25, 0.3) is 0 Å². The van der Waals surface area contributed by atoms with Crippen LogP contribution < -0.4 is 16.0 Å². The summed E-state index contributed by atoms with van der Waals surface area (Å²) in [4.78, 5) is 49.0. The molecule has 7 heteroatoms. The minimum absolute atomic E-state index is 0.0168. The van der Waals surface area contributed by atoms with E-state index in [0.717, 1.165) is 5.56 Å². The second kappa shape index (κ2) is 11.1. The predicted molar refractivity (Wildman–Crippen MR) is 119 cm³/mol. The van der Waals surface area contributed by atoms with Crippen molar-refractivity contribution in [2.75, 3.05) is 6.54 Å². The number of carbonyl (C=O) groups is 4. The molecule has 0 saturated carbocycles. The highest BCUT2D eigenvalue weighted by molar-refractivity contribution is 5.89. The zero-order chi connectivity index (χ0) is 23.0. The highest BCUT2D eigenvalue weighted by Crippen LogP contribution is 2.23. The first kappa shape index (κ1) is 24.6. The number of rotatable bonds is 10. The first-order valence-electron chi connectivity index (χ1n) is 11.0. The predicted octanol–water partition coefficient (Wildman–Crippen LogP) is 2.31. The van der Waals surface area contributed by atoms with Crippen LogP contribution in [0.2, 0.25) is 0 Å². The van der Waals surface area contributed by atoms with Crippen molar-refractivity contribution in [3.63, 3.8) is 0 Å². The average molecular weight is 430 g/mol. The average Bonchev–Trinajstić information content (AvgIpc) is 3.10. The second-order valence-electron chi connectivity index (χ2n) is 9.66. The van der Waals surface area contributed by atoms with E-state index in [1.165, 1.54) is 0 Å². The topological polar surface area (TPSA) is 104 Å². The molecule has 0 bridgehead atoms. The smallest absolute Gasteiger partial charge is 0.243 e. The van der Waals surface area contributed by atoms with E-state index in [4.69, 9.17) is 0 Å². The molecule has 1 unspecified atom stereocenters. The van der Waals surface area contributed by atoms with E-state index in [1.54, 1.807) is 0 Å². The lowest BCUT2D eigenvalue weighted by Gasteiger charge is -2.28. The molecular formula is C24H35N3O4. The third-order valence-electron chi connectivity index (χ3n) is 5.52. The lowest BCUT2D eigenvalue weighted by Crippen LogP contribution is -2.52. The Kier molecular flexibility index (Phi) is 8.77. The van der Waals surface area contributed by atoms with Gasteiger partial charge in [0.1, 0.15) is 12.3 Å². The van der Waals surface area contributed by atoms with Gasteiger partial charge >= 0.3 is 0 Å². The fourth-order valence-corrected chi connectivity index (χ4v) is 3.86. The molecule has 0 spiro atoms. The zero-order valence-corrected chi connectivity index (χ0v) is 18.9. The third-order valence-corrected chi connectivity index (χ3v) is 5.52. The van der Waals surface area contributed by atoms with Crippen molar-refractivity contribution in [2.45, 2.75) is 71.4 Å². The molecule has 0 aromatic heterocycles. The monoisotopic (exact) mass is 429 g/mol. The Morgan fingerprint density at radius 3 is 2.42 bits per heavy atom. The van der Waals surface area contributed by atoms with Crippen LogP contribution in [0, 0.1) is 11.3 Å². The van der Waals surface area contributed by atoms with E-state index in [1.807, 2.05) is 58.0 Å². The Morgan fingerprint density at radius 2 is 1.87 bits per heavy atom. The van der Waals surface area contributed by atoms with Gasteiger partial charge in [-0.1, -0.05) is 58.0 Å². The summed E-state index contributed by atoms with van der Waals surface area (Å²) in [6.45, 7) is 8.54. The van der Waals surface area contributed by atoms with E-state index >= 15 is 0 Å². The van der Waals surface area contributed by atoms with Crippen molar-refractivity contribution in [3.8, 4) is 0 Å². The van der Waals surface area contributed by atoms with Crippen LogP contribution in [0.4, 0.5) is 0 Å². The van der Waals surface area contributed by atoms with Gasteiger partial charge in [-0.15, -0.1) is 0 Å². The molecule has 4 atom stereocenters. The van der Waals surface area contributed by atoms with Crippen LogP contribution in [0.25, 0.3) is 0 Å². The Labute approximate surface area is 184 Å². The molecule has 0 radical (unpaired) electrons. The first-order valence-corrected chi connectivity index (χ1v) is 11.0. The molecule has 1 fully saturated rings. The number of hydrogen-bond acceptors (Lipinski definition) is 4. The lowest BCUT2D eigenvalue weighted by molar-refractivity contribution is -0.131. The van der Waals surface area contributed by atoms with Crippen LogP contribution in [-0.4, -0.2) is 42.6 Å². The molecule has 1 heterocycles. The lowest BCUT2D eigenvalue weighted by atomic mass is 9.87. The molecule has 0 aliphatic carbocycles. The fraction of sp³-hybridized carbons (Fsp3) is 0.583. The largest absolute Gasteiger partial charge is 0.356 e. The van der Waals surface area contributed by atoms with Gasteiger partial charge in [0.2, 0.25) is 17.7 Å². The quantitative estimate of drug-likeness (QED) is 0.497. The molecule has 1 aliphatic rings. The molecule has 3 N–H and O–H groups in total. The Bertz CT molecular complexity index is 773. The highest BCUT2D eigenvalue weighted by Gasteiger charge is 2.31. The van der Waals surface area contributed by atoms with Crippen molar-refractivity contribution >= 4 is 24.0 Å². The fourth-order valence-electron chi connectivity index (χ4n) is 3.86. The Morgan fingerprint density at radius 1 is 1.19 bits per heavy atom. The van der Waals surface area contributed by atoms with E-state index in [0.29, 0.717) is 25.7 Å². The number of amides is 3. The molecular weight excluding hydrogens is 394 g/mol. The molecule has 1 saturated heterocycles. The van der Waals surface area contributed by atoms with Gasteiger partial charge in [-0.2, -0.15) is 0 Å². The van der Waals surface area contributed by atoms with Gasteiger partial charge in [-0.3, -0.25) is 14.4 Å². The number of nitrogens with one attached hydrogen (secondary N) is 3. The maximum absolute atomic E-state index is 13.0. The number of aldehydes is 1. The van der Waals surface area contributed by atoms with E-state index < -0.39 is 18.0 Å². The van der Waals surface area contributed by atoms with Crippen molar-refractivity contribution < 1.29 is 19.2 Å². The third kappa shape index (κ3) is 8.15. The summed E-state index contributed by atoms with van der Waals surface area (Å²) in [5.41, 5.74) is 0.854. The minimum atomic E-state index is -0.760. The molecule has 1 aliphatic heterocycles. The maximum atomic E-state index is 13.0. The summed E-state index contributed by atoms with van der Waals surface area (Å²) in [6.07, 6.45) is 2.27. The van der Waals surface area contributed by atoms with Crippen molar-refractivity contribution in [1.82, 2.24) is 16.0 Å². The van der Waals surface area contributed by atoms with Crippen molar-refractivity contribution in [2.24, 2.45) is 11.3 Å². The number of carbonyl (C=O) groups excluding carboxylic acids is 4. The van der Waals surface area contributed by atoms with Gasteiger partial charge < -0.3 is 20.7 Å². The normalized spacial score (nSPS) is 19.1. The Balaban J connectivity index is 2.00. The van der Waals surface area contributed by atoms with Crippen LogP contribution >= 0.6 is 0 Å². The standard InChI is InChI=1S/C24H35N3O4/c1-16(17-8-6-5-7-9-17)12-21(29)27-20(14-24(2,3)4)23(31)26-19(15-28)13-18-10-11-25-22(18)30/h5-9,15-16,18-20H,10-14H2,1-4H3,(H,25,30)(H,26,31)(H,27,29)/t16-,18+,19?,20+/m1/s1. The first-order chi connectivity index (χ1) is 14.6. The van der Waals surface area contributed by atoms with Crippen LogP contribution in [-0.2, 0) is 19.2 Å².